The van der Waals surface area contributed by atoms with Crippen molar-refractivity contribution in [3.8, 4) is 0 Å². The molecule has 0 radical (unpaired) electrons. The van der Waals surface area contributed by atoms with Crippen molar-refractivity contribution in [1.29, 1.82) is 0 Å². The lowest BCUT2D eigenvalue weighted by atomic mass is 10.1. The summed E-state index contributed by atoms with van der Waals surface area (Å²) in [5.41, 5.74) is 1.98. The number of hydrogen-bond donors (Lipinski definition) is 2. The van der Waals surface area contributed by atoms with Crippen LogP contribution < -0.4 is 5.32 Å². The predicted molar refractivity (Wildman–Crippen MR) is 88.3 cm³/mol. The van der Waals surface area contributed by atoms with Crippen LogP contribution in [0.1, 0.15) is 0 Å². The number of anilines is 2. The van der Waals surface area contributed by atoms with E-state index in [0.717, 1.165) is 27.4 Å². The zero-order chi connectivity index (χ0) is 14.2. The highest BCUT2D eigenvalue weighted by molar-refractivity contribution is 6.30. The molecule has 0 saturated heterocycles. The minimum Gasteiger partial charge on any atom is -0.338 e. The van der Waals surface area contributed by atoms with Gasteiger partial charge < -0.3 is 5.32 Å². The van der Waals surface area contributed by atoms with Crippen LogP contribution >= 0.6 is 11.6 Å². The Labute approximate surface area is 126 Å². The lowest BCUT2D eigenvalue weighted by Gasteiger charge is -2.04. The Bertz CT molecular complexity index is 926. The maximum absolute atomic E-state index is 5.90. The largest absolute Gasteiger partial charge is 0.338 e. The first-order chi connectivity index (χ1) is 10.3. The Morgan fingerprint density at radius 1 is 0.905 bits per heavy atom. The van der Waals surface area contributed by atoms with Crippen LogP contribution in [0.5, 0.6) is 0 Å². The monoisotopic (exact) mass is 293 g/mol. The summed E-state index contributed by atoms with van der Waals surface area (Å²) in [6, 6.07) is 20.1. The topological polar surface area (TPSA) is 40.7 Å². The van der Waals surface area contributed by atoms with Gasteiger partial charge in [-0.2, -0.15) is 5.10 Å². The molecule has 0 aliphatic heterocycles. The van der Waals surface area contributed by atoms with E-state index >= 15 is 0 Å². The van der Waals surface area contributed by atoms with Crippen LogP contribution in [0.2, 0.25) is 5.02 Å². The van der Waals surface area contributed by atoms with Crippen LogP contribution in [0.25, 0.3) is 21.7 Å². The molecule has 0 unspecified atom stereocenters. The molecule has 102 valence electrons. The van der Waals surface area contributed by atoms with E-state index in [-0.39, 0.29) is 0 Å². The second-order valence-electron chi connectivity index (χ2n) is 4.95. The lowest BCUT2D eigenvalue weighted by Crippen LogP contribution is -1.90. The molecule has 4 rings (SSSR count). The molecule has 4 heteroatoms. The fourth-order valence-electron chi connectivity index (χ4n) is 2.47. The van der Waals surface area contributed by atoms with Gasteiger partial charge in [-0.3, -0.25) is 5.10 Å². The number of benzene rings is 3. The van der Waals surface area contributed by atoms with Crippen molar-refractivity contribution in [3.05, 3.63) is 65.7 Å². The van der Waals surface area contributed by atoms with Crippen LogP contribution in [-0.2, 0) is 0 Å². The van der Waals surface area contributed by atoms with Gasteiger partial charge in [-0.05, 0) is 47.2 Å². The highest BCUT2D eigenvalue weighted by Gasteiger charge is 2.07. The van der Waals surface area contributed by atoms with E-state index in [1.54, 1.807) is 0 Å². The average Bonchev–Trinajstić information content (AvgIpc) is 2.89. The van der Waals surface area contributed by atoms with E-state index in [2.05, 4.69) is 39.8 Å². The van der Waals surface area contributed by atoms with Gasteiger partial charge in [0.15, 0.2) is 5.82 Å². The molecule has 0 aliphatic rings. The molecule has 0 saturated carbocycles. The highest BCUT2D eigenvalue weighted by atomic mass is 35.5. The Balaban J connectivity index is 1.81. The van der Waals surface area contributed by atoms with Crippen LogP contribution in [0, 0.1) is 0 Å². The summed E-state index contributed by atoms with van der Waals surface area (Å²) in [6.07, 6.45) is 0. The first-order valence-corrected chi connectivity index (χ1v) is 7.07. The van der Waals surface area contributed by atoms with Gasteiger partial charge in [0.25, 0.3) is 0 Å². The zero-order valence-corrected chi connectivity index (χ0v) is 11.9. The number of H-pyrrole nitrogens is 1. The molecule has 1 heterocycles. The number of rotatable bonds is 2. The van der Waals surface area contributed by atoms with E-state index in [1.807, 2.05) is 36.4 Å². The maximum atomic E-state index is 5.90. The van der Waals surface area contributed by atoms with E-state index in [4.69, 9.17) is 11.6 Å². The molecular formula is C17H12ClN3. The molecule has 3 aromatic carbocycles. The fourth-order valence-corrected chi connectivity index (χ4v) is 2.60. The Morgan fingerprint density at radius 3 is 2.38 bits per heavy atom. The van der Waals surface area contributed by atoms with Gasteiger partial charge in [0, 0.05) is 16.1 Å². The number of halogens is 1. The van der Waals surface area contributed by atoms with Crippen molar-refractivity contribution in [3.63, 3.8) is 0 Å². The molecule has 0 fully saturated rings. The van der Waals surface area contributed by atoms with Gasteiger partial charge in [0.05, 0.1) is 5.52 Å². The SMILES string of the molecule is Clc1ccc(Nc2n[nH]c3cc4ccccc4cc23)cc1. The normalized spacial score (nSPS) is 11.1. The number of nitrogens with zero attached hydrogens (tertiary/aromatic N) is 1. The molecule has 0 amide bonds. The van der Waals surface area contributed by atoms with Gasteiger partial charge in [-0.1, -0.05) is 35.9 Å². The molecule has 3 nitrogen and oxygen atoms in total. The summed E-state index contributed by atoms with van der Waals surface area (Å²) in [7, 11) is 0. The summed E-state index contributed by atoms with van der Waals surface area (Å²) >= 11 is 5.90. The minimum absolute atomic E-state index is 0.721. The third kappa shape index (κ3) is 2.22. The van der Waals surface area contributed by atoms with Crippen molar-refractivity contribution in [1.82, 2.24) is 10.2 Å². The highest BCUT2D eigenvalue weighted by Crippen LogP contribution is 2.28. The average molecular weight is 294 g/mol. The van der Waals surface area contributed by atoms with E-state index in [1.165, 1.54) is 10.8 Å². The number of fused-ring (bicyclic) bond motifs is 2. The molecule has 0 spiro atoms. The zero-order valence-electron chi connectivity index (χ0n) is 11.1. The fraction of sp³-hybridized carbons (Fsp3) is 0. The molecule has 4 aromatic rings. The van der Waals surface area contributed by atoms with Gasteiger partial charge >= 0.3 is 0 Å². The number of hydrogen-bond acceptors (Lipinski definition) is 2. The third-order valence-electron chi connectivity index (χ3n) is 3.54. The van der Waals surface area contributed by atoms with Gasteiger partial charge in [-0.25, -0.2) is 0 Å². The summed E-state index contributed by atoms with van der Waals surface area (Å²) in [5, 5.41) is 15.0. The van der Waals surface area contributed by atoms with Gasteiger partial charge in [-0.15, -0.1) is 0 Å². The Hall–Kier alpha value is -2.52. The Morgan fingerprint density at radius 2 is 1.62 bits per heavy atom. The Kier molecular flexibility index (Phi) is 2.79. The maximum Gasteiger partial charge on any atom is 0.160 e. The molecule has 2 N–H and O–H groups in total. The van der Waals surface area contributed by atoms with E-state index < -0.39 is 0 Å². The number of aromatic nitrogens is 2. The third-order valence-corrected chi connectivity index (χ3v) is 3.79. The van der Waals surface area contributed by atoms with Crippen molar-refractivity contribution in [2.75, 3.05) is 5.32 Å². The van der Waals surface area contributed by atoms with Gasteiger partial charge in [0.1, 0.15) is 0 Å². The van der Waals surface area contributed by atoms with Crippen LogP contribution in [-0.4, -0.2) is 10.2 Å². The number of aromatic amines is 1. The smallest absolute Gasteiger partial charge is 0.160 e. The lowest BCUT2D eigenvalue weighted by molar-refractivity contribution is 1.12. The molecule has 0 aliphatic carbocycles. The predicted octanol–water partition coefficient (Wildman–Crippen LogP) is 5.11. The molecule has 0 atom stereocenters. The second kappa shape index (κ2) is 4.79. The van der Waals surface area contributed by atoms with E-state index in [0.29, 0.717) is 0 Å². The van der Waals surface area contributed by atoms with Crippen LogP contribution in [0.4, 0.5) is 11.5 Å². The van der Waals surface area contributed by atoms with E-state index in [9.17, 15) is 0 Å². The molecule has 1 aromatic heterocycles. The second-order valence-corrected chi connectivity index (χ2v) is 5.39. The van der Waals surface area contributed by atoms with Crippen LogP contribution in [0.15, 0.2) is 60.7 Å². The van der Waals surface area contributed by atoms with Crippen molar-refractivity contribution >= 4 is 44.8 Å². The summed E-state index contributed by atoms with van der Waals surface area (Å²) in [6.45, 7) is 0. The summed E-state index contributed by atoms with van der Waals surface area (Å²) in [4.78, 5) is 0. The number of nitrogens with one attached hydrogen (secondary N) is 2. The quantitative estimate of drug-likeness (QED) is 0.539. The van der Waals surface area contributed by atoms with Gasteiger partial charge in [0.2, 0.25) is 0 Å². The van der Waals surface area contributed by atoms with Crippen molar-refractivity contribution in [2.45, 2.75) is 0 Å². The minimum atomic E-state index is 0.721. The summed E-state index contributed by atoms with van der Waals surface area (Å²) in [5.74, 6) is 0.818. The summed E-state index contributed by atoms with van der Waals surface area (Å²) < 4.78 is 0. The van der Waals surface area contributed by atoms with Crippen molar-refractivity contribution in [2.24, 2.45) is 0 Å². The molecule has 0 bridgehead atoms. The standard InChI is InChI=1S/C17H12ClN3/c18-13-5-7-14(8-6-13)19-17-15-9-11-3-1-2-4-12(11)10-16(15)20-21-17/h1-10H,(H2,19,20,21). The van der Waals surface area contributed by atoms with Crippen LogP contribution in [0.3, 0.4) is 0 Å². The molecule has 21 heavy (non-hydrogen) atoms. The first kappa shape index (κ1) is 12.2. The first-order valence-electron chi connectivity index (χ1n) is 6.69. The van der Waals surface area contributed by atoms with Crippen molar-refractivity contribution < 1.29 is 0 Å². The molecular weight excluding hydrogens is 282 g/mol.